The van der Waals surface area contributed by atoms with E-state index in [0.717, 1.165) is 19.6 Å². The van der Waals surface area contributed by atoms with Gasteiger partial charge in [-0.3, -0.25) is 19.7 Å². The van der Waals surface area contributed by atoms with Gasteiger partial charge in [-0.15, -0.1) is 0 Å². The van der Waals surface area contributed by atoms with Crippen molar-refractivity contribution in [3.8, 4) is 0 Å². The highest BCUT2D eigenvalue weighted by atomic mass is 16.6. The van der Waals surface area contributed by atoms with Crippen LogP contribution >= 0.6 is 0 Å². The summed E-state index contributed by atoms with van der Waals surface area (Å²) in [7, 11) is 0. The van der Waals surface area contributed by atoms with Crippen molar-refractivity contribution in [1.29, 1.82) is 0 Å². The van der Waals surface area contributed by atoms with E-state index in [1.165, 1.54) is 46.4 Å². The molecule has 1 atom stereocenters. The van der Waals surface area contributed by atoms with Crippen molar-refractivity contribution >= 4 is 17.4 Å². The van der Waals surface area contributed by atoms with E-state index in [1.807, 2.05) is 0 Å². The number of hydrogen-bond donors (Lipinski definition) is 1. The number of rotatable bonds is 8. The van der Waals surface area contributed by atoms with Crippen molar-refractivity contribution in [3.05, 3.63) is 75.4 Å². The molecule has 32 heavy (non-hydrogen) atoms. The van der Waals surface area contributed by atoms with Crippen molar-refractivity contribution in [2.75, 3.05) is 39.4 Å². The van der Waals surface area contributed by atoms with Crippen LogP contribution in [0.4, 0.5) is 5.69 Å². The van der Waals surface area contributed by atoms with E-state index in [0.29, 0.717) is 25.2 Å². The number of ketones is 1. The Balaban J connectivity index is 1.64. The number of hydrogen-bond acceptors (Lipinski definition) is 7. The molecule has 1 N–H and O–H groups in total. The van der Waals surface area contributed by atoms with Crippen molar-refractivity contribution in [2.24, 2.45) is 0 Å². The molecule has 10 nitrogen and oxygen atoms in total. The van der Waals surface area contributed by atoms with E-state index in [1.54, 1.807) is 6.07 Å². The predicted molar refractivity (Wildman–Crippen MR) is 109 cm³/mol. The molecule has 2 aliphatic heterocycles. The fraction of sp³-hybridized carbons (Fsp3) is 0.364. The molecule has 2 aliphatic rings. The fourth-order valence-corrected chi connectivity index (χ4v) is 4.21. The van der Waals surface area contributed by atoms with Crippen molar-refractivity contribution in [3.63, 3.8) is 0 Å². The van der Waals surface area contributed by atoms with Gasteiger partial charge < -0.3 is 24.1 Å². The summed E-state index contributed by atoms with van der Waals surface area (Å²) in [6, 6.07) is 7.61. The van der Waals surface area contributed by atoms with Crippen LogP contribution in [0.25, 0.3) is 0 Å². The molecule has 1 saturated heterocycles. The number of nitro groups is 1. The quantitative estimate of drug-likeness (QED) is 0.343. The molecule has 0 spiro atoms. The van der Waals surface area contributed by atoms with Gasteiger partial charge in [0, 0.05) is 30.7 Å². The van der Waals surface area contributed by atoms with Crippen LogP contribution in [0.1, 0.15) is 28.6 Å². The number of furan rings is 1. The number of quaternary nitrogens is 1. The summed E-state index contributed by atoms with van der Waals surface area (Å²) in [6.45, 7) is 4.14. The van der Waals surface area contributed by atoms with Gasteiger partial charge >= 0.3 is 0 Å². The highest BCUT2D eigenvalue weighted by Gasteiger charge is 2.40. The van der Waals surface area contributed by atoms with Gasteiger partial charge in [0.2, 0.25) is 11.7 Å². The molecule has 0 aliphatic carbocycles. The zero-order valence-electron chi connectivity index (χ0n) is 17.3. The Kier molecular flexibility index (Phi) is 6.33. The number of carbonyl (C=O) groups is 2. The molecule has 4 rings (SSSR count). The second kappa shape index (κ2) is 9.33. The second-order valence-electron chi connectivity index (χ2n) is 7.77. The third-order valence-corrected chi connectivity index (χ3v) is 5.80. The fourth-order valence-electron chi connectivity index (χ4n) is 4.21. The Hall–Kier alpha value is -3.50. The average Bonchev–Trinajstić information content (AvgIpc) is 3.43. The average molecular weight is 441 g/mol. The molecule has 3 heterocycles. The molecular weight excluding hydrogens is 418 g/mol. The van der Waals surface area contributed by atoms with Crippen LogP contribution in [0, 0.1) is 10.1 Å². The standard InChI is InChI=1S/C22H23N3O7/c26-20(17-6-2-11-32-17)18-19(15-4-1-5-16(14-15)25(29)30)24(22(28)21(18)27)8-3-7-23-9-12-31-13-10-23/h1-2,4-6,11,14,19,27H,3,7-10,12-13H2. The van der Waals surface area contributed by atoms with Gasteiger partial charge in [-0.2, -0.15) is 0 Å². The van der Waals surface area contributed by atoms with Crippen LogP contribution in [0.15, 0.2) is 58.4 Å². The molecule has 0 saturated carbocycles. The maximum Gasteiger partial charge on any atom is 0.269 e. The lowest BCUT2D eigenvalue weighted by Gasteiger charge is -2.29. The van der Waals surface area contributed by atoms with Gasteiger partial charge in [-0.1, -0.05) is 12.1 Å². The minimum atomic E-state index is -1.01. The van der Waals surface area contributed by atoms with Crippen LogP contribution in [0.2, 0.25) is 0 Å². The highest BCUT2D eigenvalue weighted by molar-refractivity contribution is 6.14. The number of non-ortho nitro benzene ring substituents is 1. The van der Waals surface area contributed by atoms with Crippen molar-refractivity contribution in [2.45, 2.75) is 12.5 Å². The summed E-state index contributed by atoms with van der Waals surface area (Å²) in [6.07, 6.45) is 1.92. The molecule has 0 bridgehead atoms. The number of nitrogens with zero attached hydrogens (tertiary/aromatic N) is 2. The minimum absolute atomic E-state index is 0.0591. The Bertz CT molecular complexity index is 1040. The molecule has 1 aromatic heterocycles. The number of benzene rings is 1. The lowest BCUT2D eigenvalue weighted by molar-refractivity contribution is -0.908. The zero-order valence-corrected chi connectivity index (χ0v) is 17.3. The van der Waals surface area contributed by atoms with Crippen LogP contribution in [-0.2, 0) is 9.53 Å². The van der Waals surface area contributed by atoms with Crippen LogP contribution in [0.3, 0.4) is 0 Å². The van der Waals surface area contributed by atoms with Crippen molar-refractivity contribution < 1.29 is 33.7 Å². The summed E-state index contributed by atoms with van der Waals surface area (Å²) in [5.41, 5.74) is -0.0898. The zero-order chi connectivity index (χ0) is 22.7. The molecule has 168 valence electrons. The molecular formula is C22H23N3O7. The van der Waals surface area contributed by atoms with E-state index in [-0.39, 0.29) is 23.6 Å². The van der Waals surface area contributed by atoms with E-state index < -0.39 is 28.4 Å². The van der Waals surface area contributed by atoms with E-state index >= 15 is 0 Å². The van der Waals surface area contributed by atoms with Gasteiger partial charge in [-0.05, 0) is 23.5 Å². The van der Waals surface area contributed by atoms with Crippen LogP contribution in [0.5, 0.6) is 0 Å². The smallest absolute Gasteiger partial charge is 0.269 e. The topological polar surface area (TPSA) is 130 Å². The monoisotopic (exact) mass is 441 g/mol. The molecule has 2 aromatic rings. The normalized spacial score (nSPS) is 19.6. The van der Waals surface area contributed by atoms with E-state index in [4.69, 9.17) is 9.15 Å². The Morgan fingerprint density at radius 2 is 2.00 bits per heavy atom. The molecule has 1 amide bonds. The number of nitro benzene ring substituents is 1. The number of carbonyl (C=O) groups excluding carboxylic acids is 2. The summed E-state index contributed by atoms with van der Waals surface area (Å²) in [5.74, 6) is -2.43. The molecule has 1 fully saturated rings. The predicted octanol–water partition coefficient (Wildman–Crippen LogP) is -0.126. The SMILES string of the molecule is O=C(C1=C([O-])C(=O)N(CCC[NH+]2CCOCC2)C1c1cccc([N+](=O)[O-])c1)c1ccco1. The Labute approximate surface area is 183 Å². The van der Waals surface area contributed by atoms with Gasteiger partial charge in [0.25, 0.3) is 5.69 Å². The number of amides is 1. The number of morpholine rings is 1. The first-order chi connectivity index (χ1) is 15.5. The summed E-state index contributed by atoms with van der Waals surface area (Å²) in [4.78, 5) is 39.4. The maximum atomic E-state index is 13.1. The summed E-state index contributed by atoms with van der Waals surface area (Å²) in [5, 5.41) is 24.2. The highest BCUT2D eigenvalue weighted by Crippen LogP contribution is 2.39. The van der Waals surface area contributed by atoms with Crippen LogP contribution in [-0.4, -0.2) is 60.9 Å². The van der Waals surface area contributed by atoms with Gasteiger partial charge in [0.05, 0.1) is 37.0 Å². The number of Topliss-reactive ketones (excluding diaryl/α,β-unsaturated/α-hetero) is 1. The lowest BCUT2D eigenvalue weighted by Crippen LogP contribution is -3.14. The van der Waals surface area contributed by atoms with Gasteiger partial charge in [0.15, 0.2) is 5.76 Å². The molecule has 0 radical (unpaired) electrons. The van der Waals surface area contributed by atoms with Crippen LogP contribution < -0.4 is 10.0 Å². The molecule has 1 aromatic carbocycles. The minimum Gasteiger partial charge on any atom is -0.868 e. The summed E-state index contributed by atoms with van der Waals surface area (Å²) >= 11 is 0. The van der Waals surface area contributed by atoms with Gasteiger partial charge in [-0.25, -0.2) is 0 Å². The third kappa shape index (κ3) is 4.27. The maximum absolute atomic E-state index is 13.1. The van der Waals surface area contributed by atoms with Crippen molar-refractivity contribution in [1.82, 2.24) is 4.90 Å². The Morgan fingerprint density at radius 3 is 2.69 bits per heavy atom. The first-order valence-corrected chi connectivity index (χ1v) is 10.4. The van der Waals surface area contributed by atoms with E-state index in [2.05, 4.69) is 0 Å². The number of ether oxygens (including phenoxy) is 1. The first-order valence-electron chi connectivity index (χ1n) is 10.4. The first kappa shape index (κ1) is 21.7. The van der Waals surface area contributed by atoms with Gasteiger partial charge in [0.1, 0.15) is 13.1 Å². The lowest BCUT2D eigenvalue weighted by atomic mass is 9.94. The second-order valence-corrected chi connectivity index (χ2v) is 7.77. The summed E-state index contributed by atoms with van der Waals surface area (Å²) < 4.78 is 10.5. The Morgan fingerprint density at radius 1 is 1.22 bits per heavy atom. The van der Waals surface area contributed by atoms with E-state index in [9.17, 15) is 24.8 Å². The number of nitrogens with one attached hydrogen (secondary N) is 1. The molecule has 1 unspecified atom stereocenters. The molecule has 10 heteroatoms. The largest absolute Gasteiger partial charge is 0.868 e. The third-order valence-electron chi connectivity index (χ3n) is 5.80.